The van der Waals surface area contributed by atoms with Gasteiger partial charge in [-0.05, 0) is 25.2 Å². The van der Waals surface area contributed by atoms with E-state index in [1.807, 2.05) is 0 Å². The minimum atomic E-state index is -2.89. The molecule has 1 saturated heterocycles. The number of anilines is 1. The third kappa shape index (κ3) is 3.95. The maximum atomic E-state index is 15.7. The van der Waals surface area contributed by atoms with Crippen LogP contribution in [0.4, 0.5) is 23.4 Å². The van der Waals surface area contributed by atoms with Crippen LogP contribution in [0.5, 0.6) is 0 Å². The Morgan fingerprint density at radius 2 is 1.97 bits per heavy atom. The Hall–Kier alpha value is -4.57. The van der Waals surface area contributed by atoms with Crippen molar-refractivity contribution in [3.8, 4) is 28.6 Å². The van der Waals surface area contributed by atoms with E-state index in [2.05, 4.69) is 20.6 Å². The van der Waals surface area contributed by atoms with Gasteiger partial charge < -0.3 is 10.2 Å². The van der Waals surface area contributed by atoms with Crippen molar-refractivity contribution < 1.29 is 17.6 Å². The normalized spacial score (nSPS) is 17.2. The number of hydrogen-bond acceptors (Lipinski definition) is 7. The number of imidazole rings is 1. The summed E-state index contributed by atoms with van der Waals surface area (Å²) in [4.78, 5) is 10.9. The fourth-order valence-corrected chi connectivity index (χ4v) is 5.03. The molecule has 0 unspecified atom stereocenters. The van der Waals surface area contributed by atoms with Crippen LogP contribution < -0.4 is 10.2 Å². The lowest BCUT2D eigenvalue weighted by molar-refractivity contribution is -0.0489. The van der Waals surface area contributed by atoms with E-state index in [4.69, 9.17) is 4.98 Å². The third-order valence-electron chi connectivity index (χ3n) is 7.12. The van der Waals surface area contributed by atoms with Crippen LogP contribution in [-0.4, -0.2) is 61.5 Å². The Bertz CT molecular complexity index is 1790. The van der Waals surface area contributed by atoms with Crippen LogP contribution in [-0.2, 0) is 7.05 Å². The predicted molar refractivity (Wildman–Crippen MR) is 135 cm³/mol. The van der Waals surface area contributed by atoms with Crippen molar-refractivity contribution in [1.82, 2.24) is 34.7 Å². The number of nitrogens with zero attached hydrogens (tertiary/aromatic N) is 8. The second-order valence-corrected chi connectivity index (χ2v) is 9.39. The lowest BCUT2D eigenvalue weighted by atomic mass is 10.0. The maximum absolute atomic E-state index is 15.7. The Kier molecular flexibility index (Phi) is 5.72. The van der Waals surface area contributed by atoms with E-state index in [-0.39, 0.29) is 47.7 Å². The molecule has 1 N–H and O–H groups in total. The van der Waals surface area contributed by atoms with E-state index in [0.29, 0.717) is 22.4 Å². The van der Waals surface area contributed by atoms with Crippen LogP contribution in [0.2, 0.25) is 0 Å². The van der Waals surface area contributed by atoms with Gasteiger partial charge in [0.25, 0.3) is 5.92 Å². The van der Waals surface area contributed by atoms with Crippen LogP contribution in [0.3, 0.4) is 0 Å². The van der Waals surface area contributed by atoms with Gasteiger partial charge >= 0.3 is 0 Å². The Balaban J connectivity index is 1.60. The molecule has 9 nitrogen and oxygen atoms in total. The number of aryl methyl sites for hydroxylation is 1. The number of piperidine rings is 1. The van der Waals surface area contributed by atoms with Crippen LogP contribution >= 0.6 is 0 Å². The van der Waals surface area contributed by atoms with Gasteiger partial charge in [0.1, 0.15) is 23.2 Å². The van der Waals surface area contributed by atoms with Crippen LogP contribution in [0.1, 0.15) is 12.0 Å². The smallest absolute Gasteiger partial charge is 0.266 e. The van der Waals surface area contributed by atoms with E-state index in [9.17, 15) is 18.4 Å². The van der Waals surface area contributed by atoms with Crippen molar-refractivity contribution in [2.24, 2.45) is 7.05 Å². The molecule has 5 aromatic rings. The van der Waals surface area contributed by atoms with Gasteiger partial charge in [-0.2, -0.15) is 5.26 Å². The van der Waals surface area contributed by atoms with E-state index >= 15 is 4.39 Å². The van der Waals surface area contributed by atoms with Crippen molar-refractivity contribution in [3.63, 3.8) is 0 Å². The van der Waals surface area contributed by atoms with Gasteiger partial charge in [-0.3, -0.25) is 4.40 Å². The number of rotatable bonds is 4. The molecule has 0 spiro atoms. The fraction of sp³-hybridized carbons (Fsp3) is 0.269. The second kappa shape index (κ2) is 9.02. The first kappa shape index (κ1) is 24.7. The van der Waals surface area contributed by atoms with Gasteiger partial charge in [0.2, 0.25) is 0 Å². The number of benzene rings is 2. The summed E-state index contributed by atoms with van der Waals surface area (Å²) in [5.74, 6) is -3.90. The molecule has 1 atom stereocenters. The van der Waals surface area contributed by atoms with Gasteiger partial charge in [0.15, 0.2) is 11.5 Å². The number of fused-ring (bicyclic) bond motifs is 2. The van der Waals surface area contributed by atoms with Gasteiger partial charge in [-0.1, -0.05) is 11.3 Å². The molecule has 1 aliphatic heterocycles. The second-order valence-electron chi connectivity index (χ2n) is 9.39. The van der Waals surface area contributed by atoms with Crippen molar-refractivity contribution in [2.75, 3.05) is 25.0 Å². The van der Waals surface area contributed by atoms with E-state index in [1.54, 1.807) is 28.6 Å². The Morgan fingerprint density at radius 1 is 1.15 bits per heavy atom. The molecule has 0 aliphatic carbocycles. The predicted octanol–water partition coefficient (Wildman–Crippen LogP) is 3.93. The first-order valence-electron chi connectivity index (χ1n) is 12.1. The summed E-state index contributed by atoms with van der Waals surface area (Å²) in [7, 11) is 3.12. The molecule has 1 aliphatic rings. The molecule has 13 heteroatoms. The Labute approximate surface area is 219 Å². The number of hydrogen-bond donors (Lipinski definition) is 1. The summed E-state index contributed by atoms with van der Waals surface area (Å²) < 4.78 is 62.2. The van der Waals surface area contributed by atoms with Crippen molar-refractivity contribution in [2.45, 2.75) is 18.4 Å². The summed E-state index contributed by atoms with van der Waals surface area (Å²) in [6.45, 7) is -0.0000801. The van der Waals surface area contributed by atoms with Gasteiger partial charge in [0, 0.05) is 56.1 Å². The van der Waals surface area contributed by atoms with Gasteiger partial charge in [-0.15, -0.1) is 5.10 Å². The quantitative estimate of drug-likeness (QED) is 0.348. The number of nitrogens with one attached hydrogen (secondary N) is 1. The van der Waals surface area contributed by atoms with E-state index in [0.717, 1.165) is 6.07 Å². The highest BCUT2D eigenvalue weighted by Crippen LogP contribution is 2.39. The summed E-state index contributed by atoms with van der Waals surface area (Å²) in [6, 6.07) is 7.52. The molecule has 3 aromatic heterocycles. The number of aromatic nitrogens is 6. The Morgan fingerprint density at radius 3 is 2.72 bits per heavy atom. The first-order chi connectivity index (χ1) is 18.7. The van der Waals surface area contributed by atoms with Gasteiger partial charge in [-0.25, -0.2) is 32.2 Å². The average molecular weight is 536 g/mol. The average Bonchev–Trinajstić information content (AvgIpc) is 3.48. The highest BCUT2D eigenvalue weighted by Gasteiger charge is 2.44. The molecular formula is C26H21F4N9. The largest absolute Gasteiger partial charge is 0.352 e. The molecular weight excluding hydrogens is 514 g/mol. The lowest BCUT2D eigenvalue weighted by Crippen LogP contribution is -2.56. The zero-order valence-electron chi connectivity index (χ0n) is 20.8. The summed E-state index contributed by atoms with van der Waals surface area (Å²) in [5.41, 5.74) is 1.99. The minimum absolute atomic E-state index is 0.0286. The van der Waals surface area contributed by atoms with Crippen molar-refractivity contribution >= 4 is 22.5 Å². The molecule has 0 saturated carbocycles. The van der Waals surface area contributed by atoms with Crippen molar-refractivity contribution in [1.29, 1.82) is 5.26 Å². The topological polar surface area (TPSA) is 100.0 Å². The van der Waals surface area contributed by atoms with Gasteiger partial charge in [0.05, 0.1) is 28.5 Å². The molecule has 39 heavy (non-hydrogen) atoms. The fourth-order valence-electron chi connectivity index (χ4n) is 5.03. The molecule has 198 valence electrons. The molecule has 2 aromatic carbocycles. The monoisotopic (exact) mass is 535 g/mol. The standard InChI is InChI=1S/C26H21F4N9/c1-32-21-13-38(7-5-26(21,29)30)24-25-34-22(14-3-4-15(12-31)17(27)9-14)23(39(25)8-6-33-24)16-10-19-20(11-18(16)28)37(2)36-35-19/h3-4,6,8-11,21,32H,5,7,13H2,1-2H3/t21-/m0/s1. The summed E-state index contributed by atoms with van der Waals surface area (Å²) in [6.07, 6.45) is 2.68. The highest BCUT2D eigenvalue weighted by atomic mass is 19.3. The zero-order chi connectivity index (χ0) is 27.5. The summed E-state index contributed by atoms with van der Waals surface area (Å²) in [5, 5.41) is 19.9. The highest BCUT2D eigenvalue weighted by molar-refractivity contribution is 5.89. The number of halogens is 4. The SMILES string of the molecule is CN[C@H]1CN(c2nccn3c(-c4cc5nnn(C)c5cc4F)c(-c4ccc(C#N)c(F)c4)nc23)CCC1(F)F. The number of alkyl halides is 2. The summed E-state index contributed by atoms with van der Waals surface area (Å²) >= 11 is 0. The molecule has 4 heterocycles. The van der Waals surface area contributed by atoms with Crippen LogP contribution in [0.15, 0.2) is 42.7 Å². The van der Waals surface area contributed by atoms with Crippen molar-refractivity contribution in [3.05, 3.63) is 59.9 Å². The van der Waals surface area contributed by atoms with E-state index < -0.39 is 23.6 Å². The van der Waals surface area contributed by atoms with Crippen LogP contribution in [0, 0.1) is 23.0 Å². The number of nitriles is 1. The molecule has 0 amide bonds. The van der Waals surface area contributed by atoms with E-state index in [1.165, 1.54) is 42.2 Å². The third-order valence-corrected chi connectivity index (χ3v) is 7.12. The molecule has 6 rings (SSSR count). The number of likely N-dealkylation sites (N-methyl/N-ethyl adjacent to an activating group) is 1. The molecule has 0 radical (unpaired) electrons. The molecule has 0 bridgehead atoms. The lowest BCUT2D eigenvalue weighted by Gasteiger charge is -2.38. The zero-order valence-corrected chi connectivity index (χ0v) is 20.8. The minimum Gasteiger partial charge on any atom is -0.352 e. The van der Waals surface area contributed by atoms with Crippen LogP contribution in [0.25, 0.3) is 39.2 Å². The first-order valence-corrected chi connectivity index (χ1v) is 12.1. The molecule has 1 fully saturated rings. The maximum Gasteiger partial charge on any atom is 0.266 e.